The van der Waals surface area contributed by atoms with Gasteiger partial charge in [-0.2, -0.15) is 0 Å². The highest BCUT2D eigenvalue weighted by Gasteiger charge is 2.06. The molecule has 0 aliphatic heterocycles. The minimum atomic E-state index is 0.117. The Morgan fingerprint density at radius 1 is 0.778 bits per heavy atom. The van der Waals surface area contributed by atoms with Gasteiger partial charge < -0.3 is 21.7 Å². The van der Waals surface area contributed by atoms with Gasteiger partial charge in [-0.1, -0.05) is 0 Å². The molecule has 2 rings (SSSR count). The topological polar surface area (TPSA) is 108 Å². The van der Waals surface area contributed by atoms with Crippen molar-refractivity contribution in [1.29, 1.82) is 0 Å². The van der Waals surface area contributed by atoms with Gasteiger partial charge in [-0.15, -0.1) is 23.5 Å². The molecule has 2 aromatic rings. The monoisotopic (exact) mass is 406 g/mol. The number of guanidine groups is 1. The number of aromatic hydroxyl groups is 2. The molecule has 0 aliphatic carbocycles. The van der Waals surface area contributed by atoms with Crippen LogP contribution in [0.2, 0.25) is 0 Å². The summed E-state index contributed by atoms with van der Waals surface area (Å²) in [5, 5.41) is 18.7. The van der Waals surface area contributed by atoms with E-state index in [9.17, 15) is 10.2 Å². The summed E-state index contributed by atoms with van der Waals surface area (Å²) in [6.07, 6.45) is 0. The van der Waals surface area contributed by atoms with E-state index in [1.807, 2.05) is 24.3 Å². The number of nitrogens with zero attached hydrogens (tertiary/aromatic N) is 2. The van der Waals surface area contributed by atoms with Gasteiger partial charge in [0.1, 0.15) is 11.5 Å². The van der Waals surface area contributed by atoms with E-state index in [2.05, 4.69) is 9.89 Å². The maximum atomic E-state index is 9.35. The van der Waals surface area contributed by atoms with E-state index in [-0.39, 0.29) is 17.5 Å². The Balaban J connectivity index is 1.79. The van der Waals surface area contributed by atoms with Gasteiger partial charge in [0.25, 0.3) is 0 Å². The maximum absolute atomic E-state index is 9.35. The molecule has 0 saturated carbocycles. The molecule has 146 valence electrons. The van der Waals surface area contributed by atoms with Crippen molar-refractivity contribution in [2.45, 2.75) is 9.79 Å². The summed E-state index contributed by atoms with van der Waals surface area (Å²) in [7, 11) is 0. The van der Waals surface area contributed by atoms with Crippen LogP contribution >= 0.6 is 23.5 Å². The van der Waals surface area contributed by atoms with Gasteiger partial charge >= 0.3 is 0 Å². The van der Waals surface area contributed by atoms with Crippen LogP contribution in [-0.2, 0) is 0 Å². The fourth-order valence-corrected chi connectivity index (χ4v) is 4.15. The van der Waals surface area contributed by atoms with Gasteiger partial charge in [-0.3, -0.25) is 9.89 Å². The molecule has 0 spiro atoms. The van der Waals surface area contributed by atoms with Gasteiger partial charge in [0.15, 0.2) is 5.96 Å². The number of phenolic OH excluding ortho intramolecular Hbond substituents is 2. The number of rotatable bonds is 11. The lowest BCUT2D eigenvalue weighted by atomic mass is 10.3. The van der Waals surface area contributed by atoms with E-state index < -0.39 is 0 Å². The molecular weight excluding hydrogens is 380 g/mol. The first-order chi connectivity index (χ1) is 13.0. The Hall–Kier alpha value is -2.03. The highest BCUT2D eigenvalue weighted by Crippen LogP contribution is 2.22. The lowest BCUT2D eigenvalue weighted by Gasteiger charge is -2.21. The van der Waals surface area contributed by atoms with E-state index in [1.54, 1.807) is 47.8 Å². The van der Waals surface area contributed by atoms with Crippen molar-refractivity contribution in [2.24, 2.45) is 16.5 Å². The summed E-state index contributed by atoms with van der Waals surface area (Å²) in [4.78, 5) is 8.69. The zero-order valence-corrected chi connectivity index (χ0v) is 16.8. The molecule has 2 aromatic carbocycles. The van der Waals surface area contributed by atoms with Crippen LogP contribution < -0.4 is 11.5 Å². The van der Waals surface area contributed by atoms with Crippen LogP contribution in [0.1, 0.15) is 0 Å². The average molecular weight is 407 g/mol. The van der Waals surface area contributed by atoms with Crippen molar-refractivity contribution in [3.8, 4) is 11.5 Å². The maximum Gasteiger partial charge on any atom is 0.185 e. The molecule has 0 unspecified atom stereocenters. The van der Waals surface area contributed by atoms with E-state index in [0.717, 1.165) is 40.9 Å². The normalized spacial score (nSPS) is 10.9. The van der Waals surface area contributed by atoms with Crippen molar-refractivity contribution in [3.63, 3.8) is 0 Å². The van der Waals surface area contributed by atoms with Crippen molar-refractivity contribution in [1.82, 2.24) is 4.90 Å². The van der Waals surface area contributed by atoms with Gasteiger partial charge in [-0.25, -0.2) is 0 Å². The number of nitrogens with two attached hydrogens (primary N) is 2. The van der Waals surface area contributed by atoms with E-state index >= 15 is 0 Å². The Morgan fingerprint density at radius 2 is 1.22 bits per heavy atom. The fourth-order valence-electron chi connectivity index (χ4n) is 2.33. The summed E-state index contributed by atoms with van der Waals surface area (Å²) in [6, 6.07) is 14.5. The molecule has 0 atom stereocenters. The first-order valence-electron chi connectivity index (χ1n) is 8.64. The van der Waals surface area contributed by atoms with Crippen molar-refractivity contribution < 1.29 is 10.2 Å². The van der Waals surface area contributed by atoms with Crippen LogP contribution in [0.5, 0.6) is 11.5 Å². The van der Waals surface area contributed by atoms with Crippen molar-refractivity contribution >= 4 is 29.5 Å². The molecule has 0 saturated heterocycles. The zero-order valence-electron chi connectivity index (χ0n) is 15.1. The SMILES string of the molecule is NC(N)=NCCN(CCSc1ccc(O)cc1)CCSc1ccc(O)cc1. The van der Waals surface area contributed by atoms with Crippen molar-refractivity contribution in [2.75, 3.05) is 37.7 Å². The smallest absolute Gasteiger partial charge is 0.185 e. The quantitative estimate of drug-likeness (QED) is 0.258. The molecule has 0 aromatic heterocycles. The summed E-state index contributed by atoms with van der Waals surface area (Å²) in [5.41, 5.74) is 10.8. The molecule has 0 amide bonds. The lowest BCUT2D eigenvalue weighted by molar-refractivity contribution is 0.318. The summed E-state index contributed by atoms with van der Waals surface area (Å²) >= 11 is 3.51. The largest absolute Gasteiger partial charge is 0.508 e. The predicted molar refractivity (Wildman–Crippen MR) is 115 cm³/mol. The predicted octanol–water partition coefficient (Wildman–Crippen LogP) is 2.56. The number of phenols is 2. The summed E-state index contributed by atoms with van der Waals surface area (Å²) in [6.45, 7) is 3.21. The van der Waals surface area contributed by atoms with Crippen LogP contribution in [0, 0.1) is 0 Å². The molecule has 0 aliphatic rings. The minimum absolute atomic E-state index is 0.117. The molecule has 27 heavy (non-hydrogen) atoms. The second-order valence-corrected chi connectivity index (χ2v) is 8.17. The Kier molecular flexibility index (Phi) is 9.17. The third-order valence-electron chi connectivity index (χ3n) is 3.74. The number of aliphatic imine (C=N–C) groups is 1. The number of thioether (sulfide) groups is 2. The van der Waals surface area contributed by atoms with E-state index in [1.165, 1.54) is 0 Å². The third kappa shape index (κ3) is 8.94. The average Bonchev–Trinajstić information content (AvgIpc) is 2.64. The van der Waals surface area contributed by atoms with Crippen molar-refractivity contribution in [3.05, 3.63) is 48.5 Å². The Labute approximate surface area is 168 Å². The standard InChI is InChI=1S/C19H26N4O2S2/c20-19(21)22-9-10-23(11-13-26-17-5-1-15(24)2-6-17)12-14-27-18-7-3-16(25)4-8-18/h1-8,24-25H,9-14H2,(H4,20,21,22). The molecule has 6 N–H and O–H groups in total. The van der Waals surface area contributed by atoms with Crippen LogP contribution in [0.4, 0.5) is 0 Å². The fraction of sp³-hybridized carbons (Fsp3) is 0.316. The van der Waals surface area contributed by atoms with Crippen LogP contribution in [0.15, 0.2) is 63.3 Å². The second kappa shape index (κ2) is 11.6. The molecule has 0 heterocycles. The number of hydrogen-bond donors (Lipinski definition) is 4. The molecular formula is C19H26N4O2S2. The molecule has 0 bridgehead atoms. The first kappa shape index (κ1) is 21.3. The van der Waals surface area contributed by atoms with Gasteiger partial charge in [0, 0.05) is 40.9 Å². The molecule has 6 nitrogen and oxygen atoms in total. The van der Waals surface area contributed by atoms with Gasteiger partial charge in [0.05, 0.1) is 6.54 Å². The van der Waals surface area contributed by atoms with E-state index in [0.29, 0.717) is 6.54 Å². The second-order valence-electron chi connectivity index (χ2n) is 5.83. The van der Waals surface area contributed by atoms with Crippen LogP contribution in [0.3, 0.4) is 0 Å². The van der Waals surface area contributed by atoms with E-state index in [4.69, 9.17) is 11.5 Å². The Bertz CT molecular complexity index is 653. The molecule has 8 heteroatoms. The lowest BCUT2D eigenvalue weighted by Crippen LogP contribution is -2.32. The summed E-state index contributed by atoms with van der Waals surface area (Å²) < 4.78 is 0. The van der Waals surface area contributed by atoms with Crippen LogP contribution in [-0.4, -0.2) is 58.8 Å². The minimum Gasteiger partial charge on any atom is -0.508 e. The zero-order chi connectivity index (χ0) is 19.5. The third-order valence-corrected chi connectivity index (χ3v) is 5.72. The number of hydrogen-bond acceptors (Lipinski definition) is 6. The Morgan fingerprint density at radius 3 is 1.63 bits per heavy atom. The van der Waals surface area contributed by atoms with Crippen LogP contribution in [0.25, 0.3) is 0 Å². The van der Waals surface area contributed by atoms with Gasteiger partial charge in [0.2, 0.25) is 0 Å². The highest BCUT2D eigenvalue weighted by atomic mass is 32.2. The first-order valence-corrected chi connectivity index (χ1v) is 10.6. The van der Waals surface area contributed by atoms with Gasteiger partial charge in [-0.05, 0) is 48.5 Å². The molecule has 0 radical (unpaired) electrons. The number of benzene rings is 2. The summed E-state index contributed by atoms with van der Waals surface area (Å²) in [5.74, 6) is 2.56. The molecule has 0 fully saturated rings. The highest BCUT2D eigenvalue weighted by molar-refractivity contribution is 7.99.